The summed E-state index contributed by atoms with van der Waals surface area (Å²) in [6.45, 7) is 14.4. The van der Waals surface area contributed by atoms with Gasteiger partial charge in [0.1, 0.15) is 0 Å². The van der Waals surface area contributed by atoms with Crippen molar-refractivity contribution >= 4 is 8.07 Å². The van der Waals surface area contributed by atoms with Crippen LogP contribution in [0.5, 0.6) is 0 Å². The SMILES string of the molecule is C/C=C/C[Si](C)(C)CN(CCCC)CCCC. The van der Waals surface area contributed by atoms with Gasteiger partial charge in [0.2, 0.25) is 0 Å². The van der Waals surface area contributed by atoms with Gasteiger partial charge in [-0.2, -0.15) is 0 Å². The molecule has 0 aromatic heterocycles. The lowest BCUT2D eigenvalue weighted by Crippen LogP contribution is -2.43. The molecule has 0 amide bonds. The van der Waals surface area contributed by atoms with E-state index in [2.05, 4.69) is 50.9 Å². The molecule has 0 aromatic rings. The maximum atomic E-state index is 2.72. The van der Waals surface area contributed by atoms with Crippen LogP contribution in [0, 0.1) is 0 Å². The van der Waals surface area contributed by atoms with Crippen LogP contribution in [0.1, 0.15) is 46.5 Å². The van der Waals surface area contributed by atoms with Crippen LogP contribution in [0.3, 0.4) is 0 Å². The first kappa shape index (κ1) is 16.9. The summed E-state index contributed by atoms with van der Waals surface area (Å²) in [6.07, 6.45) is 11.3. The molecule has 0 heterocycles. The first-order valence-electron chi connectivity index (χ1n) is 7.39. The van der Waals surface area contributed by atoms with Crippen molar-refractivity contribution in [2.45, 2.75) is 65.6 Å². The predicted octanol–water partition coefficient (Wildman–Crippen LogP) is 4.71. The number of allylic oxidation sites excluding steroid dienone is 2. The van der Waals surface area contributed by atoms with Gasteiger partial charge in [0, 0.05) is 0 Å². The predicted molar refractivity (Wildman–Crippen MR) is 83.4 cm³/mol. The van der Waals surface area contributed by atoms with Crippen LogP contribution in [0.25, 0.3) is 0 Å². The Balaban J connectivity index is 4.17. The fourth-order valence-electron chi connectivity index (χ4n) is 2.14. The van der Waals surface area contributed by atoms with Crippen LogP contribution in [-0.4, -0.2) is 32.2 Å². The fraction of sp³-hybridized carbons (Fsp3) is 0.867. The average Bonchev–Trinajstić information content (AvgIpc) is 2.30. The van der Waals surface area contributed by atoms with Crippen LogP contribution < -0.4 is 0 Å². The lowest BCUT2D eigenvalue weighted by atomic mass is 10.3. The van der Waals surface area contributed by atoms with E-state index in [1.54, 1.807) is 0 Å². The Labute approximate surface area is 110 Å². The Morgan fingerprint density at radius 2 is 1.53 bits per heavy atom. The second-order valence-corrected chi connectivity index (χ2v) is 11.0. The number of unbranched alkanes of at least 4 members (excludes halogenated alkanes) is 2. The third-order valence-electron chi connectivity index (χ3n) is 3.21. The van der Waals surface area contributed by atoms with Gasteiger partial charge in [-0.05, 0) is 45.1 Å². The van der Waals surface area contributed by atoms with Gasteiger partial charge in [-0.1, -0.05) is 51.9 Å². The van der Waals surface area contributed by atoms with Gasteiger partial charge >= 0.3 is 0 Å². The van der Waals surface area contributed by atoms with E-state index in [9.17, 15) is 0 Å². The van der Waals surface area contributed by atoms with Crippen LogP contribution in [-0.2, 0) is 0 Å². The molecule has 0 rings (SSSR count). The molecule has 0 saturated heterocycles. The summed E-state index contributed by atoms with van der Waals surface area (Å²) in [5.74, 6) is 0. The third kappa shape index (κ3) is 9.60. The van der Waals surface area contributed by atoms with E-state index in [1.807, 2.05) is 0 Å². The first-order valence-corrected chi connectivity index (χ1v) is 10.8. The molecule has 0 spiro atoms. The number of hydrogen-bond donors (Lipinski definition) is 0. The van der Waals surface area contributed by atoms with Gasteiger partial charge in [-0.25, -0.2) is 0 Å². The Kier molecular flexibility index (Phi) is 9.85. The van der Waals surface area contributed by atoms with Gasteiger partial charge in [-0.15, -0.1) is 0 Å². The minimum atomic E-state index is -1.05. The summed E-state index contributed by atoms with van der Waals surface area (Å²) < 4.78 is 0. The van der Waals surface area contributed by atoms with E-state index in [0.717, 1.165) is 0 Å². The number of nitrogens with zero attached hydrogens (tertiary/aromatic N) is 1. The van der Waals surface area contributed by atoms with Crippen molar-refractivity contribution in [1.82, 2.24) is 4.90 Å². The van der Waals surface area contributed by atoms with Gasteiger partial charge in [0.15, 0.2) is 0 Å². The maximum Gasteiger partial charge on any atom is 0.0666 e. The zero-order valence-corrected chi connectivity index (χ0v) is 13.8. The van der Waals surface area contributed by atoms with E-state index in [1.165, 1.54) is 51.0 Å². The highest BCUT2D eigenvalue weighted by Gasteiger charge is 2.22. The smallest absolute Gasteiger partial charge is 0.0666 e. The molecule has 0 N–H and O–H groups in total. The van der Waals surface area contributed by atoms with E-state index in [4.69, 9.17) is 0 Å². The van der Waals surface area contributed by atoms with Crippen molar-refractivity contribution in [1.29, 1.82) is 0 Å². The van der Waals surface area contributed by atoms with Crippen molar-refractivity contribution in [2.24, 2.45) is 0 Å². The largest absolute Gasteiger partial charge is 0.306 e. The Hall–Kier alpha value is -0.0831. The van der Waals surface area contributed by atoms with Crippen LogP contribution in [0.2, 0.25) is 19.1 Å². The average molecular weight is 256 g/mol. The first-order chi connectivity index (χ1) is 8.05. The quantitative estimate of drug-likeness (QED) is 0.403. The lowest BCUT2D eigenvalue weighted by molar-refractivity contribution is 0.301. The van der Waals surface area contributed by atoms with Crippen molar-refractivity contribution in [2.75, 3.05) is 19.3 Å². The van der Waals surface area contributed by atoms with Crippen LogP contribution in [0.15, 0.2) is 12.2 Å². The highest BCUT2D eigenvalue weighted by atomic mass is 28.3. The molecule has 0 aromatic carbocycles. The van der Waals surface area contributed by atoms with Gasteiger partial charge < -0.3 is 4.90 Å². The molecular formula is C15H33NSi. The molecule has 102 valence electrons. The fourth-order valence-corrected chi connectivity index (χ4v) is 4.67. The standard InChI is InChI=1S/C15H33NSi/c1-6-9-12-16(13-10-7-2)15-17(4,5)14-11-8-3/h8,11H,6-7,9-10,12-15H2,1-5H3/b11-8+. The maximum absolute atomic E-state index is 2.72. The van der Waals surface area contributed by atoms with Crippen molar-refractivity contribution in [3.8, 4) is 0 Å². The van der Waals surface area contributed by atoms with E-state index in [-0.39, 0.29) is 0 Å². The molecule has 0 atom stereocenters. The molecule has 0 aliphatic carbocycles. The van der Waals surface area contributed by atoms with Gasteiger partial charge in [0.25, 0.3) is 0 Å². The highest BCUT2D eigenvalue weighted by Crippen LogP contribution is 2.13. The molecule has 0 aliphatic heterocycles. The van der Waals surface area contributed by atoms with E-state index in [0.29, 0.717) is 0 Å². The molecule has 17 heavy (non-hydrogen) atoms. The van der Waals surface area contributed by atoms with Crippen LogP contribution in [0.4, 0.5) is 0 Å². The summed E-state index contributed by atoms with van der Waals surface area (Å²) in [5.41, 5.74) is 0. The molecule has 1 nitrogen and oxygen atoms in total. The van der Waals surface area contributed by atoms with Crippen molar-refractivity contribution in [3.05, 3.63) is 12.2 Å². The minimum absolute atomic E-state index is 1.05. The van der Waals surface area contributed by atoms with Crippen LogP contribution >= 0.6 is 0 Å². The second kappa shape index (κ2) is 9.90. The normalized spacial score (nSPS) is 12.8. The topological polar surface area (TPSA) is 3.24 Å². The molecule has 2 heteroatoms. The van der Waals surface area contributed by atoms with Gasteiger partial charge in [-0.3, -0.25) is 0 Å². The van der Waals surface area contributed by atoms with Crippen molar-refractivity contribution in [3.63, 3.8) is 0 Å². The summed E-state index contributed by atoms with van der Waals surface area (Å²) in [7, 11) is -1.05. The molecule has 0 radical (unpaired) electrons. The molecule has 0 saturated carbocycles. The molecule has 0 unspecified atom stereocenters. The minimum Gasteiger partial charge on any atom is -0.306 e. The zero-order chi connectivity index (χ0) is 13.1. The molecule has 0 aliphatic rings. The summed E-state index contributed by atoms with van der Waals surface area (Å²) in [6, 6.07) is 1.33. The summed E-state index contributed by atoms with van der Waals surface area (Å²) >= 11 is 0. The Morgan fingerprint density at radius 3 is 1.94 bits per heavy atom. The van der Waals surface area contributed by atoms with Crippen molar-refractivity contribution < 1.29 is 0 Å². The molecule has 0 fully saturated rings. The number of hydrogen-bond acceptors (Lipinski definition) is 1. The molecule has 0 bridgehead atoms. The highest BCUT2D eigenvalue weighted by molar-refractivity contribution is 6.78. The van der Waals surface area contributed by atoms with E-state index >= 15 is 0 Å². The van der Waals surface area contributed by atoms with E-state index < -0.39 is 8.07 Å². The Morgan fingerprint density at radius 1 is 1.00 bits per heavy atom. The second-order valence-electron chi connectivity index (χ2n) is 5.92. The lowest BCUT2D eigenvalue weighted by Gasteiger charge is -2.30. The summed E-state index contributed by atoms with van der Waals surface area (Å²) in [4.78, 5) is 2.72. The third-order valence-corrected chi connectivity index (χ3v) is 5.86. The molecular weight excluding hydrogens is 222 g/mol. The Bertz CT molecular complexity index is 191. The van der Waals surface area contributed by atoms with Gasteiger partial charge in [0.05, 0.1) is 8.07 Å². The monoisotopic (exact) mass is 255 g/mol. The number of rotatable bonds is 10. The summed E-state index contributed by atoms with van der Waals surface area (Å²) in [5, 5.41) is 0. The zero-order valence-electron chi connectivity index (χ0n) is 12.8.